The van der Waals surface area contributed by atoms with Gasteiger partial charge in [0.2, 0.25) is 0 Å². The fourth-order valence-corrected chi connectivity index (χ4v) is 2.44. The predicted octanol–water partition coefficient (Wildman–Crippen LogP) is 3.32. The zero-order valence-corrected chi connectivity index (χ0v) is 11.5. The largest absolute Gasteiger partial charge is 0.484 e. The molecule has 4 nitrogen and oxygen atoms in total. The van der Waals surface area contributed by atoms with Crippen LogP contribution in [-0.2, 0) is 4.79 Å². The number of esters is 1. The molecule has 1 aliphatic rings. The van der Waals surface area contributed by atoms with Gasteiger partial charge in [0, 0.05) is 12.5 Å². The molecule has 2 aromatic rings. The molecule has 4 heteroatoms. The van der Waals surface area contributed by atoms with Gasteiger partial charge in [0.15, 0.2) is 5.78 Å². The molecule has 0 fully saturated rings. The van der Waals surface area contributed by atoms with Crippen LogP contribution in [0.1, 0.15) is 35.4 Å². The number of carbonyl (C=O) groups excluding carboxylic acids is 2. The molecule has 0 N–H and O–H groups in total. The first-order chi connectivity index (χ1) is 10.1. The summed E-state index contributed by atoms with van der Waals surface area (Å²) in [6.45, 7) is 1.35. The van der Waals surface area contributed by atoms with E-state index in [1.165, 1.54) is 6.92 Å². The lowest BCUT2D eigenvalue weighted by Gasteiger charge is -2.26. The SMILES string of the molecule is CC(=O)Oc1ccccc1C1CC(=O)c2ccccc2O1. The molecule has 0 spiro atoms. The van der Waals surface area contributed by atoms with E-state index in [1.807, 2.05) is 24.3 Å². The number of ether oxygens (including phenoxy) is 2. The summed E-state index contributed by atoms with van der Waals surface area (Å²) in [6, 6.07) is 14.3. The van der Waals surface area contributed by atoms with Gasteiger partial charge in [0.25, 0.3) is 0 Å². The van der Waals surface area contributed by atoms with Gasteiger partial charge in [-0.25, -0.2) is 0 Å². The maximum Gasteiger partial charge on any atom is 0.308 e. The molecule has 106 valence electrons. The van der Waals surface area contributed by atoms with Crippen LogP contribution in [0.3, 0.4) is 0 Å². The van der Waals surface area contributed by atoms with Crippen LogP contribution in [0, 0.1) is 0 Å². The Hall–Kier alpha value is -2.62. The minimum atomic E-state index is -0.442. The van der Waals surface area contributed by atoms with Crippen LogP contribution in [0.15, 0.2) is 48.5 Å². The van der Waals surface area contributed by atoms with Crippen molar-refractivity contribution in [3.8, 4) is 11.5 Å². The van der Waals surface area contributed by atoms with Crippen molar-refractivity contribution in [3.63, 3.8) is 0 Å². The minimum Gasteiger partial charge on any atom is -0.484 e. The molecular weight excluding hydrogens is 268 g/mol. The van der Waals surface area contributed by atoms with E-state index < -0.39 is 12.1 Å². The predicted molar refractivity (Wildman–Crippen MR) is 76.5 cm³/mol. The first-order valence-electron chi connectivity index (χ1n) is 6.71. The lowest BCUT2D eigenvalue weighted by molar-refractivity contribution is -0.131. The van der Waals surface area contributed by atoms with Crippen molar-refractivity contribution in [2.75, 3.05) is 0 Å². The molecule has 0 saturated heterocycles. The number of para-hydroxylation sites is 2. The molecule has 3 rings (SSSR count). The van der Waals surface area contributed by atoms with Gasteiger partial charge in [0.1, 0.15) is 17.6 Å². The highest BCUT2D eigenvalue weighted by Crippen LogP contribution is 2.37. The molecule has 0 radical (unpaired) electrons. The molecule has 1 heterocycles. The van der Waals surface area contributed by atoms with Gasteiger partial charge in [-0.2, -0.15) is 0 Å². The van der Waals surface area contributed by atoms with Gasteiger partial charge in [-0.1, -0.05) is 30.3 Å². The van der Waals surface area contributed by atoms with Crippen molar-refractivity contribution in [1.29, 1.82) is 0 Å². The zero-order chi connectivity index (χ0) is 14.8. The van der Waals surface area contributed by atoms with E-state index in [-0.39, 0.29) is 12.2 Å². The van der Waals surface area contributed by atoms with E-state index in [2.05, 4.69) is 0 Å². The van der Waals surface area contributed by atoms with E-state index in [9.17, 15) is 9.59 Å². The van der Waals surface area contributed by atoms with Gasteiger partial charge in [-0.15, -0.1) is 0 Å². The Kier molecular flexibility index (Phi) is 3.44. The highest BCUT2D eigenvalue weighted by atomic mass is 16.5. The Morgan fingerprint density at radius 2 is 1.86 bits per heavy atom. The van der Waals surface area contributed by atoms with Crippen LogP contribution in [0.4, 0.5) is 0 Å². The monoisotopic (exact) mass is 282 g/mol. The molecule has 0 amide bonds. The Balaban J connectivity index is 1.96. The molecule has 0 saturated carbocycles. The third-order valence-electron chi connectivity index (χ3n) is 3.35. The number of carbonyl (C=O) groups is 2. The maximum atomic E-state index is 12.2. The van der Waals surface area contributed by atoms with Crippen LogP contribution < -0.4 is 9.47 Å². The Morgan fingerprint density at radius 1 is 1.14 bits per heavy atom. The average molecular weight is 282 g/mol. The second-order valence-electron chi connectivity index (χ2n) is 4.86. The number of ketones is 1. The fraction of sp³-hybridized carbons (Fsp3) is 0.176. The molecule has 2 aromatic carbocycles. The van der Waals surface area contributed by atoms with Gasteiger partial charge < -0.3 is 9.47 Å². The quantitative estimate of drug-likeness (QED) is 0.626. The molecule has 0 bridgehead atoms. The average Bonchev–Trinajstić information content (AvgIpc) is 2.47. The van der Waals surface area contributed by atoms with Gasteiger partial charge in [-0.3, -0.25) is 9.59 Å². The summed E-state index contributed by atoms with van der Waals surface area (Å²) in [5, 5.41) is 0. The zero-order valence-electron chi connectivity index (χ0n) is 11.5. The van der Waals surface area contributed by atoms with Crippen LogP contribution in [-0.4, -0.2) is 11.8 Å². The van der Waals surface area contributed by atoms with E-state index in [0.717, 1.165) is 0 Å². The van der Waals surface area contributed by atoms with Crippen molar-refractivity contribution in [1.82, 2.24) is 0 Å². The fourth-order valence-electron chi connectivity index (χ4n) is 2.44. The van der Waals surface area contributed by atoms with E-state index >= 15 is 0 Å². The number of fused-ring (bicyclic) bond motifs is 1. The lowest BCUT2D eigenvalue weighted by Crippen LogP contribution is -2.21. The van der Waals surface area contributed by atoms with Gasteiger partial charge >= 0.3 is 5.97 Å². The third-order valence-corrected chi connectivity index (χ3v) is 3.35. The normalized spacial score (nSPS) is 16.8. The van der Waals surface area contributed by atoms with Crippen molar-refractivity contribution in [2.45, 2.75) is 19.4 Å². The number of Topliss-reactive ketones (excluding diaryl/α,β-unsaturated/α-hetero) is 1. The summed E-state index contributed by atoms with van der Waals surface area (Å²) in [5.74, 6) is 0.628. The first-order valence-corrected chi connectivity index (χ1v) is 6.71. The van der Waals surface area contributed by atoms with Crippen LogP contribution in [0.2, 0.25) is 0 Å². The molecule has 21 heavy (non-hydrogen) atoms. The summed E-state index contributed by atoms with van der Waals surface area (Å²) in [4.78, 5) is 23.4. The van der Waals surface area contributed by atoms with Crippen molar-refractivity contribution < 1.29 is 19.1 Å². The second kappa shape index (κ2) is 5.40. The number of hydrogen-bond acceptors (Lipinski definition) is 4. The second-order valence-corrected chi connectivity index (χ2v) is 4.86. The molecule has 1 atom stereocenters. The van der Waals surface area contributed by atoms with Crippen molar-refractivity contribution >= 4 is 11.8 Å². The Bertz CT molecular complexity index is 705. The van der Waals surface area contributed by atoms with Crippen molar-refractivity contribution in [2.24, 2.45) is 0 Å². The van der Waals surface area contributed by atoms with Crippen LogP contribution >= 0.6 is 0 Å². The molecule has 1 unspecified atom stereocenters. The van der Waals surface area contributed by atoms with Crippen molar-refractivity contribution in [3.05, 3.63) is 59.7 Å². The van der Waals surface area contributed by atoms with Gasteiger partial charge in [-0.05, 0) is 18.2 Å². The Labute approximate surface area is 122 Å². The standard InChI is InChI=1S/C17H14O4/c1-11(18)20-16-9-5-3-7-13(16)17-10-14(19)12-6-2-4-8-15(12)21-17/h2-9,17H,10H2,1H3. The van der Waals surface area contributed by atoms with Crippen LogP contribution in [0.25, 0.3) is 0 Å². The number of rotatable bonds is 2. The number of benzene rings is 2. The summed E-state index contributed by atoms with van der Waals surface area (Å²) in [7, 11) is 0. The third kappa shape index (κ3) is 2.65. The van der Waals surface area contributed by atoms with Crippen LogP contribution in [0.5, 0.6) is 11.5 Å². The van der Waals surface area contributed by atoms with E-state index in [4.69, 9.17) is 9.47 Å². The lowest BCUT2D eigenvalue weighted by atomic mass is 9.96. The highest BCUT2D eigenvalue weighted by molar-refractivity contribution is 6.00. The smallest absolute Gasteiger partial charge is 0.308 e. The Morgan fingerprint density at radius 3 is 2.67 bits per heavy atom. The summed E-state index contributed by atoms with van der Waals surface area (Å²) in [5.41, 5.74) is 1.30. The molecule has 0 aliphatic carbocycles. The highest BCUT2D eigenvalue weighted by Gasteiger charge is 2.29. The summed E-state index contributed by atoms with van der Waals surface area (Å²) >= 11 is 0. The molecule has 1 aliphatic heterocycles. The number of hydrogen-bond donors (Lipinski definition) is 0. The topological polar surface area (TPSA) is 52.6 Å². The summed E-state index contributed by atoms with van der Waals surface area (Å²) in [6.07, 6.45) is -0.210. The minimum absolute atomic E-state index is 0.0273. The van der Waals surface area contributed by atoms with Gasteiger partial charge in [0.05, 0.1) is 12.0 Å². The van der Waals surface area contributed by atoms with E-state index in [0.29, 0.717) is 22.6 Å². The molecular formula is C17H14O4. The maximum absolute atomic E-state index is 12.2. The summed E-state index contributed by atoms with van der Waals surface area (Å²) < 4.78 is 11.1. The molecule has 0 aromatic heterocycles. The first kappa shape index (κ1) is 13.4. The van der Waals surface area contributed by atoms with E-state index in [1.54, 1.807) is 24.3 Å².